The predicted octanol–water partition coefficient (Wildman–Crippen LogP) is 1.30. The van der Waals surface area contributed by atoms with Gasteiger partial charge in [0.1, 0.15) is 4.90 Å². The van der Waals surface area contributed by atoms with Crippen LogP contribution in [-0.4, -0.2) is 63.7 Å². The van der Waals surface area contributed by atoms with Gasteiger partial charge in [0.25, 0.3) is 10.0 Å². The van der Waals surface area contributed by atoms with Crippen molar-refractivity contribution < 1.29 is 26.5 Å². The number of benzene rings is 1. The van der Waals surface area contributed by atoms with E-state index < -0.39 is 20.0 Å². The van der Waals surface area contributed by atoms with Crippen molar-refractivity contribution in [3.05, 3.63) is 48.8 Å². The summed E-state index contributed by atoms with van der Waals surface area (Å²) in [5.74, 6) is -0.577. The molecule has 0 radical (unpaired) electrons. The number of hydroxylamine groups is 1. The number of carbonyl (C=O) groups is 1. The number of nitrogens with one attached hydrogen (secondary N) is 1. The molecule has 12 heteroatoms. The molecule has 0 bridgehead atoms. The summed E-state index contributed by atoms with van der Waals surface area (Å²) in [5.41, 5.74) is 0.453. The van der Waals surface area contributed by atoms with E-state index in [1.807, 2.05) is 0 Å². The number of hydrogen-bond acceptors (Lipinski definition) is 7. The first kappa shape index (κ1) is 23.3. The number of hydrogen-bond donors (Lipinski definition) is 1. The smallest absolute Gasteiger partial charge is 0.264 e. The summed E-state index contributed by atoms with van der Waals surface area (Å²) in [6, 6.07) is 8.81. The van der Waals surface area contributed by atoms with Crippen LogP contribution in [0.1, 0.15) is 12.8 Å². The van der Waals surface area contributed by atoms with Gasteiger partial charge in [-0.3, -0.25) is 14.6 Å². The second-order valence-electron chi connectivity index (χ2n) is 6.98. The van der Waals surface area contributed by atoms with Crippen molar-refractivity contribution in [2.45, 2.75) is 22.6 Å². The molecule has 1 saturated heterocycles. The Labute approximate surface area is 181 Å². The number of nitrogens with zero attached hydrogens (tertiary/aromatic N) is 3. The zero-order chi connectivity index (χ0) is 22.6. The van der Waals surface area contributed by atoms with Gasteiger partial charge in [0, 0.05) is 44.1 Å². The first-order chi connectivity index (χ1) is 14.7. The fourth-order valence-electron chi connectivity index (χ4n) is 3.21. The van der Waals surface area contributed by atoms with Crippen molar-refractivity contribution >= 4 is 31.6 Å². The van der Waals surface area contributed by atoms with Gasteiger partial charge in [0.2, 0.25) is 15.9 Å². The third-order valence-electron chi connectivity index (χ3n) is 5.11. The van der Waals surface area contributed by atoms with E-state index in [0.717, 1.165) is 4.47 Å². The van der Waals surface area contributed by atoms with E-state index in [-0.39, 0.29) is 34.7 Å². The summed E-state index contributed by atoms with van der Waals surface area (Å²) in [6.07, 6.45) is 3.59. The third-order valence-corrected chi connectivity index (χ3v) is 8.69. The molecule has 0 aliphatic carbocycles. The molecule has 1 fully saturated rings. The lowest BCUT2D eigenvalue weighted by atomic mass is 9.97. The minimum absolute atomic E-state index is 0.0313. The Morgan fingerprint density at radius 3 is 2.29 bits per heavy atom. The minimum Gasteiger partial charge on any atom is -0.326 e. The molecule has 168 valence electrons. The summed E-state index contributed by atoms with van der Waals surface area (Å²) < 4.78 is 51.9. The maximum Gasteiger partial charge on any atom is 0.264 e. The number of amides is 1. The second-order valence-corrected chi connectivity index (χ2v) is 10.9. The lowest BCUT2D eigenvalue weighted by Crippen LogP contribution is -2.41. The van der Waals surface area contributed by atoms with Crippen molar-refractivity contribution in [2.75, 3.05) is 32.6 Å². The summed E-state index contributed by atoms with van der Waals surface area (Å²) in [7, 11) is -4.86. The first-order valence-electron chi connectivity index (χ1n) is 9.50. The molecule has 10 nitrogen and oxygen atoms in total. The lowest BCUT2D eigenvalue weighted by molar-refractivity contribution is -0.120. The highest BCUT2D eigenvalue weighted by Gasteiger charge is 2.32. The lowest BCUT2D eigenvalue weighted by Gasteiger charge is -2.30. The standard InChI is InChI=1S/C19H24N4O6S2/c1-22(29-2)30(25,26)17-7-5-16(6-8-17)21-19(24)15-9-12-23(13-10-15)31(27,28)18-4-3-11-20-14-18/h3-8,11,14-15H,9-10,12-13H2,1-2H3,(H,21,24). The average molecular weight is 469 g/mol. The number of sulfonamides is 2. The van der Waals surface area contributed by atoms with Crippen LogP contribution in [0.2, 0.25) is 0 Å². The Bertz CT molecular complexity index is 1110. The van der Waals surface area contributed by atoms with Gasteiger partial charge >= 0.3 is 0 Å². The Morgan fingerprint density at radius 2 is 1.74 bits per heavy atom. The van der Waals surface area contributed by atoms with Gasteiger partial charge in [0.05, 0.1) is 12.0 Å². The van der Waals surface area contributed by atoms with Gasteiger partial charge in [-0.05, 0) is 49.2 Å². The maximum atomic E-state index is 12.7. The molecule has 31 heavy (non-hydrogen) atoms. The van der Waals surface area contributed by atoms with Crippen LogP contribution in [0.3, 0.4) is 0 Å². The number of rotatable bonds is 7. The summed E-state index contributed by atoms with van der Waals surface area (Å²) in [4.78, 5) is 21.3. The third kappa shape index (κ3) is 5.10. The summed E-state index contributed by atoms with van der Waals surface area (Å²) >= 11 is 0. The van der Waals surface area contributed by atoms with Crippen LogP contribution in [-0.2, 0) is 29.7 Å². The minimum atomic E-state index is -3.77. The largest absolute Gasteiger partial charge is 0.326 e. The van der Waals surface area contributed by atoms with Crippen molar-refractivity contribution in [3.8, 4) is 0 Å². The van der Waals surface area contributed by atoms with Gasteiger partial charge in [-0.25, -0.2) is 16.8 Å². The highest BCUT2D eigenvalue weighted by Crippen LogP contribution is 2.25. The zero-order valence-electron chi connectivity index (χ0n) is 17.1. The van der Waals surface area contributed by atoms with Crippen LogP contribution in [0, 0.1) is 5.92 Å². The van der Waals surface area contributed by atoms with Crippen molar-refractivity contribution in [3.63, 3.8) is 0 Å². The van der Waals surface area contributed by atoms with Crippen LogP contribution in [0.15, 0.2) is 58.6 Å². The Hall–Kier alpha value is -2.38. The molecular weight excluding hydrogens is 444 g/mol. The fourth-order valence-corrected chi connectivity index (χ4v) is 5.62. The van der Waals surface area contributed by atoms with Crippen LogP contribution >= 0.6 is 0 Å². The SMILES string of the molecule is CON(C)S(=O)(=O)c1ccc(NC(=O)C2CCN(S(=O)(=O)c3cccnc3)CC2)cc1. The van der Waals surface area contributed by atoms with Gasteiger partial charge in [-0.15, -0.1) is 0 Å². The average Bonchev–Trinajstić information content (AvgIpc) is 2.79. The van der Waals surface area contributed by atoms with Crippen LogP contribution in [0.5, 0.6) is 0 Å². The Morgan fingerprint density at radius 1 is 1.10 bits per heavy atom. The quantitative estimate of drug-likeness (QED) is 0.607. The van der Waals surface area contributed by atoms with E-state index in [0.29, 0.717) is 18.5 Å². The number of aromatic nitrogens is 1. The van der Waals surface area contributed by atoms with Gasteiger partial charge in [-0.1, -0.05) is 4.47 Å². The van der Waals surface area contributed by atoms with E-state index in [9.17, 15) is 21.6 Å². The molecule has 0 unspecified atom stereocenters. The monoisotopic (exact) mass is 468 g/mol. The summed E-state index contributed by atoms with van der Waals surface area (Å²) in [5, 5.41) is 2.76. The second kappa shape index (κ2) is 9.40. The number of piperidine rings is 1. The van der Waals surface area contributed by atoms with Crippen molar-refractivity contribution in [1.82, 2.24) is 13.8 Å². The Balaban J connectivity index is 1.59. The molecular formula is C19H24N4O6S2. The molecule has 1 amide bonds. The highest BCUT2D eigenvalue weighted by molar-refractivity contribution is 7.89. The highest BCUT2D eigenvalue weighted by atomic mass is 32.2. The normalized spacial score (nSPS) is 16.4. The molecule has 0 saturated carbocycles. The van der Waals surface area contributed by atoms with Crippen LogP contribution in [0.25, 0.3) is 0 Å². The van der Waals surface area contributed by atoms with E-state index in [4.69, 9.17) is 4.84 Å². The molecule has 3 rings (SSSR count). The molecule has 2 heterocycles. The number of pyridine rings is 1. The van der Waals surface area contributed by atoms with Crippen LogP contribution < -0.4 is 5.32 Å². The first-order valence-corrected chi connectivity index (χ1v) is 12.4. The summed E-state index contributed by atoms with van der Waals surface area (Å²) in [6.45, 7) is 0.464. The van der Waals surface area contributed by atoms with Gasteiger partial charge in [0.15, 0.2) is 0 Å². The molecule has 0 spiro atoms. The van der Waals surface area contributed by atoms with Crippen LogP contribution in [0.4, 0.5) is 5.69 Å². The van der Waals surface area contributed by atoms with E-state index in [1.165, 1.54) is 61.2 Å². The van der Waals surface area contributed by atoms with Gasteiger partial charge in [-0.2, -0.15) is 4.31 Å². The van der Waals surface area contributed by atoms with E-state index in [1.54, 1.807) is 6.07 Å². The van der Waals surface area contributed by atoms with Crippen molar-refractivity contribution in [1.29, 1.82) is 0 Å². The molecule has 0 atom stereocenters. The number of anilines is 1. The number of carbonyl (C=O) groups excluding carboxylic acids is 1. The molecule has 1 aliphatic heterocycles. The van der Waals surface area contributed by atoms with Crippen molar-refractivity contribution in [2.24, 2.45) is 5.92 Å². The molecule has 1 aromatic heterocycles. The maximum absolute atomic E-state index is 12.7. The molecule has 1 aliphatic rings. The topological polar surface area (TPSA) is 126 Å². The fraction of sp³-hybridized carbons (Fsp3) is 0.368. The Kier molecular flexibility index (Phi) is 7.06. The van der Waals surface area contributed by atoms with Gasteiger partial charge < -0.3 is 5.32 Å². The van der Waals surface area contributed by atoms with E-state index >= 15 is 0 Å². The predicted molar refractivity (Wildman–Crippen MR) is 113 cm³/mol. The molecule has 1 N–H and O–H groups in total. The molecule has 2 aromatic rings. The molecule has 1 aromatic carbocycles. The van der Waals surface area contributed by atoms with E-state index in [2.05, 4.69) is 10.3 Å². The zero-order valence-corrected chi connectivity index (χ0v) is 18.8.